The summed E-state index contributed by atoms with van der Waals surface area (Å²) in [6, 6.07) is 3.21. The molecule has 7 heteroatoms. The van der Waals surface area contributed by atoms with E-state index in [9.17, 15) is 14.4 Å². The molecule has 1 unspecified atom stereocenters. The summed E-state index contributed by atoms with van der Waals surface area (Å²) in [5.74, 6) is -3.48. The smallest absolute Gasteiger partial charge is 0.339 e. The molecule has 0 amide bonds. The lowest BCUT2D eigenvalue weighted by Gasteiger charge is -2.07. The van der Waals surface area contributed by atoms with Gasteiger partial charge in [-0.15, -0.1) is 0 Å². The molecule has 100 valence electrons. The number of carboxylic acids is 2. The number of hydrogen-bond donors (Lipinski definition) is 2. The second-order valence-electron chi connectivity index (χ2n) is 3.92. The lowest BCUT2D eigenvalue weighted by molar-refractivity contribution is 0.0467. The van der Waals surface area contributed by atoms with Crippen LogP contribution in [0.1, 0.15) is 31.1 Å². The molecule has 0 saturated carbocycles. The quantitative estimate of drug-likeness (QED) is 0.593. The SMILES string of the molecule is O=C(O)c1ccc(C(=O)OCC2CO2)c(C(=O)O)c1. The van der Waals surface area contributed by atoms with Gasteiger partial charge in [-0.2, -0.15) is 0 Å². The monoisotopic (exact) mass is 266 g/mol. The molecule has 1 saturated heterocycles. The Balaban J connectivity index is 2.24. The van der Waals surface area contributed by atoms with Gasteiger partial charge in [0.05, 0.1) is 23.3 Å². The number of carbonyl (C=O) groups excluding carboxylic acids is 1. The number of epoxide rings is 1. The second kappa shape index (κ2) is 5.07. The zero-order chi connectivity index (χ0) is 14.0. The summed E-state index contributed by atoms with van der Waals surface area (Å²) in [4.78, 5) is 33.5. The van der Waals surface area contributed by atoms with Crippen molar-refractivity contribution in [2.75, 3.05) is 13.2 Å². The summed E-state index contributed by atoms with van der Waals surface area (Å²) in [7, 11) is 0. The van der Waals surface area contributed by atoms with Gasteiger partial charge in [-0.1, -0.05) is 0 Å². The van der Waals surface area contributed by atoms with Crippen LogP contribution >= 0.6 is 0 Å². The van der Waals surface area contributed by atoms with Gasteiger partial charge >= 0.3 is 17.9 Å². The van der Waals surface area contributed by atoms with Crippen LogP contribution in [0.25, 0.3) is 0 Å². The molecule has 7 nitrogen and oxygen atoms in total. The second-order valence-corrected chi connectivity index (χ2v) is 3.92. The molecular formula is C12H10O7. The van der Waals surface area contributed by atoms with Gasteiger partial charge in [0.1, 0.15) is 12.7 Å². The summed E-state index contributed by atoms with van der Waals surface area (Å²) in [6.45, 7) is 0.565. The molecule has 1 aliphatic heterocycles. The Morgan fingerprint density at radius 2 is 1.89 bits per heavy atom. The van der Waals surface area contributed by atoms with E-state index >= 15 is 0 Å². The highest BCUT2D eigenvalue weighted by molar-refractivity contribution is 6.04. The van der Waals surface area contributed by atoms with E-state index in [-0.39, 0.29) is 23.8 Å². The predicted octanol–water partition coefficient (Wildman–Crippen LogP) is 0.639. The third-order valence-corrected chi connectivity index (χ3v) is 2.52. The highest BCUT2D eigenvalue weighted by Crippen LogP contribution is 2.16. The standard InChI is InChI=1S/C12H10O7/c13-10(14)6-1-2-8(9(3-6)11(15)16)12(17)19-5-7-4-18-7/h1-3,7H,4-5H2,(H,13,14)(H,15,16). The Kier molecular flexibility index (Phi) is 3.48. The molecule has 1 aromatic rings. The summed E-state index contributed by atoms with van der Waals surface area (Å²) < 4.78 is 9.72. The largest absolute Gasteiger partial charge is 0.478 e. The molecule has 1 aromatic carbocycles. The lowest BCUT2D eigenvalue weighted by atomic mass is 10.0. The van der Waals surface area contributed by atoms with Crippen LogP contribution in [0.15, 0.2) is 18.2 Å². The van der Waals surface area contributed by atoms with Crippen molar-refractivity contribution in [3.63, 3.8) is 0 Å². The number of ether oxygens (including phenoxy) is 2. The van der Waals surface area contributed by atoms with Gasteiger partial charge < -0.3 is 19.7 Å². The molecule has 1 aliphatic rings. The molecule has 2 rings (SSSR count). The van der Waals surface area contributed by atoms with Crippen LogP contribution in [0, 0.1) is 0 Å². The Morgan fingerprint density at radius 1 is 1.21 bits per heavy atom. The molecule has 0 aromatic heterocycles. The summed E-state index contributed by atoms with van der Waals surface area (Å²) in [6.07, 6.45) is -0.129. The number of rotatable bonds is 5. The first kappa shape index (κ1) is 13.0. The minimum Gasteiger partial charge on any atom is -0.478 e. The molecular weight excluding hydrogens is 256 g/mol. The van der Waals surface area contributed by atoms with Gasteiger partial charge in [-0.05, 0) is 18.2 Å². The van der Waals surface area contributed by atoms with Crippen LogP contribution < -0.4 is 0 Å². The minimum absolute atomic E-state index is 0.0541. The van der Waals surface area contributed by atoms with Crippen LogP contribution in [0.5, 0.6) is 0 Å². The molecule has 0 aliphatic carbocycles. The fourth-order valence-electron chi connectivity index (χ4n) is 1.44. The molecule has 0 radical (unpaired) electrons. The minimum atomic E-state index is -1.39. The molecule has 0 spiro atoms. The van der Waals surface area contributed by atoms with Crippen molar-refractivity contribution in [2.45, 2.75) is 6.10 Å². The molecule has 1 heterocycles. The van der Waals surface area contributed by atoms with E-state index in [0.717, 1.165) is 18.2 Å². The summed E-state index contributed by atoms with van der Waals surface area (Å²) >= 11 is 0. The number of carboxylic acid groups (broad SMARTS) is 2. The fourth-order valence-corrected chi connectivity index (χ4v) is 1.44. The third-order valence-electron chi connectivity index (χ3n) is 2.52. The highest BCUT2D eigenvalue weighted by Gasteiger charge is 2.26. The lowest BCUT2D eigenvalue weighted by Crippen LogP contribution is -2.15. The number of carbonyl (C=O) groups is 3. The van der Waals surface area contributed by atoms with Crippen molar-refractivity contribution in [1.82, 2.24) is 0 Å². The highest BCUT2D eigenvalue weighted by atomic mass is 16.6. The molecule has 1 atom stereocenters. The van der Waals surface area contributed by atoms with Gasteiger partial charge in [0.25, 0.3) is 0 Å². The Labute approximate surface area is 107 Å². The van der Waals surface area contributed by atoms with E-state index in [2.05, 4.69) is 0 Å². The first-order chi connectivity index (χ1) is 8.99. The first-order valence-corrected chi connectivity index (χ1v) is 5.38. The fraction of sp³-hybridized carbons (Fsp3) is 0.250. The van der Waals surface area contributed by atoms with E-state index < -0.39 is 23.5 Å². The average molecular weight is 266 g/mol. The van der Waals surface area contributed by atoms with Crippen LogP contribution in [-0.2, 0) is 9.47 Å². The van der Waals surface area contributed by atoms with Crippen molar-refractivity contribution in [3.05, 3.63) is 34.9 Å². The molecule has 2 N–H and O–H groups in total. The van der Waals surface area contributed by atoms with E-state index in [4.69, 9.17) is 19.7 Å². The Hall–Kier alpha value is -2.41. The first-order valence-electron chi connectivity index (χ1n) is 5.38. The molecule has 1 fully saturated rings. The van der Waals surface area contributed by atoms with Crippen molar-refractivity contribution < 1.29 is 34.1 Å². The molecule has 0 bridgehead atoms. The summed E-state index contributed by atoms with van der Waals surface area (Å²) in [5.41, 5.74) is -0.792. The van der Waals surface area contributed by atoms with E-state index in [0.29, 0.717) is 6.61 Å². The van der Waals surface area contributed by atoms with Crippen molar-refractivity contribution in [2.24, 2.45) is 0 Å². The third kappa shape index (κ3) is 3.08. The van der Waals surface area contributed by atoms with Gasteiger partial charge in [-0.3, -0.25) is 0 Å². The van der Waals surface area contributed by atoms with Crippen LogP contribution in [0.4, 0.5) is 0 Å². The zero-order valence-corrected chi connectivity index (χ0v) is 9.66. The average Bonchev–Trinajstić information content (AvgIpc) is 3.19. The van der Waals surface area contributed by atoms with Gasteiger partial charge in [-0.25, -0.2) is 14.4 Å². The maximum absolute atomic E-state index is 11.7. The maximum Gasteiger partial charge on any atom is 0.339 e. The van der Waals surface area contributed by atoms with E-state index in [1.807, 2.05) is 0 Å². The molecule has 19 heavy (non-hydrogen) atoms. The van der Waals surface area contributed by atoms with Crippen LogP contribution in [0.2, 0.25) is 0 Å². The predicted molar refractivity (Wildman–Crippen MR) is 60.4 cm³/mol. The van der Waals surface area contributed by atoms with Gasteiger partial charge in [0.2, 0.25) is 0 Å². The van der Waals surface area contributed by atoms with Crippen LogP contribution in [-0.4, -0.2) is 47.4 Å². The van der Waals surface area contributed by atoms with Gasteiger partial charge in [0, 0.05) is 0 Å². The number of benzene rings is 1. The maximum atomic E-state index is 11.7. The van der Waals surface area contributed by atoms with Crippen LogP contribution in [0.3, 0.4) is 0 Å². The zero-order valence-electron chi connectivity index (χ0n) is 9.66. The topological polar surface area (TPSA) is 113 Å². The van der Waals surface area contributed by atoms with Crippen molar-refractivity contribution in [1.29, 1.82) is 0 Å². The number of hydrogen-bond acceptors (Lipinski definition) is 5. The number of esters is 1. The van der Waals surface area contributed by atoms with E-state index in [1.54, 1.807) is 0 Å². The number of aromatic carboxylic acids is 2. The van der Waals surface area contributed by atoms with Gasteiger partial charge in [0.15, 0.2) is 0 Å². The van der Waals surface area contributed by atoms with Crippen molar-refractivity contribution in [3.8, 4) is 0 Å². The Morgan fingerprint density at radius 3 is 2.42 bits per heavy atom. The summed E-state index contributed by atoms with van der Waals surface area (Å²) in [5, 5.41) is 17.8. The normalized spacial score (nSPS) is 16.7. The van der Waals surface area contributed by atoms with Crippen molar-refractivity contribution >= 4 is 17.9 Å². The Bertz CT molecular complexity index is 545. The van der Waals surface area contributed by atoms with E-state index in [1.165, 1.54) is 0 Å².